The number of rotatable bonds is 0. The molecule has 11 aromatic rings. The zero-order valence-corrected chi connectivity index (χ0v) is 25.6. The molecule has 0 N–H and O–H groups in total. The van der Waals surface area contributed by atoms with Crippen LogP contribution in [0, 0.1) is 0 Å². The van der Waals surface area contributed by atoms with E-state index in [1.54, 1.807) is 60.7 Å². The molecule has 0 fully saturated rings. The van der Waals surface area contributed by atoms with Crippen LogP contribution in [0.25, 0.3) is 98.0 Å². The van der Waals surface area contributed by atoms with Gasteiger partial charge in [0.15, 0.2) is 0 Å². The Morgan fingerprint density at radius 1 is 0.438 bits per heavy atom. The summed E-state index contributed by atoms with van der Waals surface area (Å²) < 4.78 is 61.5. The Hall–Kier alpha value is -5.98. The van der Waals surface area contributed by atoms with Gasteiger partial charge in [-0.1, -0.05) is 24.3 Å². The molecule has 12 heteroatoms. The lowest BCUT2D eigenvalue weighted by atomic mass is 9.86. The number of fused-ring (bicyclic) bond motifs is 8. The smallest absolute Gasteiger partial charge is 0.264 e. The van der Waals surface area contributed by atoms with Gasteiger partial charge in [-0.15, -0.1) is 0 Å². The van der Waals surface area contributed by atoms with E-state index in [0.29, 0.717) is 87.2 Å². The van der Waals surface area contributed by atoms with Crippen molar-refractivity contribution in [2.24, 2.45) is 0 Å². The first-order valence-electron chi connectivity index (χ1n) is 15.1. The van der Waals surface area contributed by atoms with Gasteiger partial charge in [-0.05, 0) is 48.5 Å². The van der Waals surface area contributed by atoms with E-state index in [1.165, 1.54) is 20.9 Å². The summed E-state index contributed by atoms with van der Waals surface area (Å²) in [5.41, 5.74) is 1.87. The number of pyridine rings is 2. The molecule has 2 aliphatic heterocycles. The predicted molar refractivity (Wildman–Crippen MR) is 181 cm³/mol. The molecule has 0 unspecified atom stereocenters. The molecular formula is C36H12N4O6S2. The van der Waals surface area contributed by atoms with Gasteiger partial charge in [0, 0.05) is 53.9 Å². The van der Waals surface area contributed by atoms with Gasteiger partial charge < -0.3 is 0 Å². The Balaban J connectivity index is 1.42. The quantitative estimate of drug-likeness (QED) is 0.153. The van der Waals surface area contributed by atoms with Gasteiger partial charge >= 0.3 is 0 Å². The summed E-state index contributed by atoms with van der Waals surface area (Å²) in [6, 6.07) is 20.2. The molecule has 0 amide bonds. The summed E-state index contributed by atoms with van der Waals surface area (Å²) in [5, 5.41) is 4.43. The van der Waals surface area contributed by atoms with Crippen molar-refractivity contribution < 1.29 is 16.8 Å². The highest BCUT2D eigenvalue weighted by atomic mass is 32.2. The van der Waals surface area contributed by atoms with Gasteiger partial charge in [0.25, 0.3) is 11.1 Å². The number of hydrogen-bond acceptors (Lipinski definition) is 8. The number of hydrogen-bond donors (Lipinski definition) is 0. The molecule has 10 nitrogen and oxygen atoms in total. The average Bonchev–Trinajstić information content (AvgIpc) is 3.78. The third kappa shape index (κ3) is 2.16. The number of sulfone groups is 2. The van der Waals surface area contributed by atoms with Crippen LogP contribution in [0.3, 0.4) is 0 Å². The fourth-order valence-corrected chi connectivity index (χ4v) is 12.5. The van der Waals surface area contributed by atoms with Crippen molar-refractivity contribution in [3.63, 3.8) is 0 Å². The van der Waals surface area contributed by atoms with Crippen molar-refractivity contribution in [1.82, 2.24) is 18.8 Å². The van der Waals surface area contributed by atoms with E-state index in [0.717, 1.165) is 0 Å². The van der Waals surface area contributed by atoms with E-state index >= 15 is 0 Å². The second-order valence-corrected chi connectivity index (χ2v) is 16.6. The maximum absolute atomic E-state index is 14.7. The fraction of sp³-hybridized carbons (Fsp3) is 0. The zero-order valence-electron chi connectivity index (χ0n) is 24.0. The third-order valence-electron chi connectivity index (χ3n) is 10.8. The molecular weight excluding hydrogens is 649 g/mol. The molecule has 4 aromatic heterocycles. The van der Waals surface area contributed by atoms with Gasteiger partial charge in [-0.25, -0.2) is 26.8 Å². The molecule has 0 saturated heterocycles. The maximum Gasteiger partial charge on any atom is 0.264 e. The van der Waals surface area contributed by atoms with E-state index in [4.69, 9.17) is 9.97 Å². The molecule has 6 heterocycles. The van der Waals surface area contributed by atoms with E-state index < -0.39 is 30.8 Å². The predicted octanol–water partition coefficient (Wildman–Crippen LogP) is 5.53. The number of aromatic nitrogens is 4. The first kappa shape index (κ1) is 24.2. The van der Waals surface area contributed by atoms with Gasteiger partial charge in [-0.3, -0.25) is 18.4 Å². The van der Waals surface area contributed by atoms with Gasteiger partial charge in [-0.2, -0.15) is 0 Å². The zero-order chi connectivity index (χ0) is 31.9. The molecule has 13 rings (SSSR count). The van der Waals surface area contributed by atoms with Crippen molar-refractivity contribution in [2.75, 3.05) is 0 Å². The third-order valence-corrected chi connectivity index (χ3v) is 14.4. The summed E-state index contributed by atoms with van der Waals surface area (Å²) in [5.74, 6) is 0. The normalized spacial score (nSPS) is 16.3. The van der Waals surface area contributed by atoms with Crippen molar-refractivity contribution >= 4 is 118 Å². The number of nitrogens with zero attached hydrogens (tertiary/aromatic N) is 4. The Kier molecular flexibility index (Phi) is 3.45. The molecule has 2 aliphatic rings. The largest absolute Gasteiger partial charge is 0.268 e. The fourth-order valence-electron chi connectivity index (χ4n) is 9.01. The Labute approximate surface area is 265 Å². The maximum atomic E-state index is 14.7. The molecule has 0 aliphatic carbocycles. The van der Waals surface area contributed by atoms with Crippen LogP contribution in [-0.2, 0) is 19.7 Å². The molecule has 0 saturated carbocycles. The van der Waals surface area contributed by atoms with Crippen LogP contribution in [0.4, 0.5) is 0 Å². The van der Waals surface area contributed by atoms with Crippen LogP contribution in [0.5, 0.6) is 0 Å². The van der Waals surface area contributed by atoms with Gasteiger partial charge in [0.2, 0.25) is 19.7 Å². The Bertz CT molecular complexity index is 3590. The molecule has 0 bridgehead atoms. The van der Waals surface area contributed by atoms with Crippen molar-refractivity contribution in [2.45, 2.75) is 19.6 Å². The van der Waals surface area contributed by atoms with Crippen LogP contribution in [0.1, 0.15) is 0 Å². The molecule has 224 valence electrons. The monoisotopic (exact) mass is 660 g/mol. The number of benzene rings is 7. The molecule has 48 heavy (non-hydrogen) atoms. The average molecular weight is 661 g/mol. The Morgan fingerprint density at radius 3 is 1.19 bits per heavy atom. The lowest BCUT2D eigenvalue weighted by Gasteiger charge is -2.16. The van der Waals surface area contributed by atoms with E-state index in [-0.39, 0.29) is 30.4 Å². The molecule has 0 spiro atoms. The molecule has 0 atom stereocenters. The van der Waals surface area contributed by atoms with Gasteiger partial charge in [0.1, 0.15) is 11.3 Å². The standard InChI is InChI=1S/C36H12N4O6S2/c41-35-15-11-23-29-28-22(48(23,45)46)10-14-26-16(36(42)40-20-8-4-2-6-18(20)38-34(14)40)12-24-30(32(26)28)27-21(47(24,43)44)9-13(25(15)31(27)29)33-37-17-5-1-3-7-19(17)39(33)35/h1-12H. The minimum absolute atomic E-state index is 0.00235. The summed E-state index contributed by atoms with van der Waals surface area (Å²) >= 11 is 0. The van der Waals surface area contributed by atoms with Crippen molar-refractivity contribution in [1.29, 1.82) is 0 Å². The van der Waals surface area contributed by atoms with Crippen LogP contribution in [0.15, 0.2) is 102 Å². The molecule has 0 radical (unpaired) electrons. The van der Waals surface area contributed by atoms with Crippen LogP contribution >= 0.6 is 0 Å². The summed E-state index contributed by atoms with van der Waals surface area (Å²) in [6.07, 6.45) is 0. The SMILES string of the molecule is O=c1c2cc3c4c5c(cc6c7c(cc8c(c9c(cc(c2c49)c2nc4ccccc4n12)S8(=O)=O)c57)c(=O)n1c2ccccc2nc61)S3(=O)=O. The van der Waals surface area contributed by atoms with Crippen molar-refractivity contribution in [3.8, 4) is 0 Å². The lowest BCUT2D eigenvalue weighted by molar-refractivity contribution is 0.597. The highest BCUT2D eigenvalue weighted by Crippen LogP contribution is 2.59. The number of imidazole rings is 2. The highest BCUT2D eigenvalue weighted by molar-refractivity contribution is 7.93. The van der Waals surface area contributed by atoms with Crippen LogP contribution < -0.4 is 11.1 Å². The minimum Gasteiger partial charge on any atom is -0.268 e. The molecule has 7 aromatic carbocycles. The highest BCUT2D eigenvalue weighted by Gasteiger charge is 2.43. The topological polar surface area (TPSA) is 137 Å². The second-order valence-electron chi connectivity index (χ2n) is 12.8. The van der Waals surface area contributed by atoms with Crippen molar-refractivity contribution in [3.05, 3.63) is 93.5 Å². The summed E-state index contributed by atoms with van der Waals surface area (Å²) in [6.45, 7) is 0. The minimum atomic E-state index is -4.21. The van der Waals surface area contributed by atoms with E-state index in [9.17, 15) is 26.4 Å². The summed E-state index contributed by atoms with van der Waals surface area (Å²) in [4.78, 5) is 38.2. The number of para-hydroxylation sites is 4. The first-order chi connectivity index (χ1) is 23.2. The van der Waals surface area contributed by atoms with Crippen LogP contribution in [0.2, 0.25) is 0 Å². The second kappa shape index (κ2) is 6.84. The lowest BCUT2D eigenvalue weighted by Crippen LogP contribution is -2.14. The first-order valence-corrected chi connectivity index (χ1v) is 18.1. The van der Waals surface area contributed by atoms with Crippen LogP contribution in [-0.4, -0.2) is 35.6 Å². The summed E-state index contributed by atoms with van der Waals surface area (Å²) in [7, 11) is -8.42. The van der Waals surface area contributed by atoms with E-state index in [2.05, 4.69) is 0 Å². The van der Waals surface area contributed by atoms with E-state index in [1.807, 2.05) is 0 Å². The van der Waals surface area contributed by atoms with Gasteiger partial charge in [0.05, 0.1) is 52.4 Å². The Morgan fingerprint density at radius 2 is 0.792 bits per heavy atom.